The van der Waals surface area contributed by atoms with Crippen LogP contribution in [0.1, 0.15) is 30.8 Å². The largest absolute Gasteiger partial charge is 0.329 e. The molecular weight excluding hydrogens is 248 g/mol. The molecule has 0 aliphatic rings. The van der Waals surface area contributed by atoms with Gasteiger partial charge in [-0.1, -0.05) is 26.0 Å². The predicted octanol–water partition coefficient (Wildman–Crippen LogP) is 2.55. The van der Waals surface area contributed by atoms with Crippen LogP contribution in [-0.2, 0) is 13.1 Å². The van der Waals surface area contributed by atoms with Crippen molar-refractivity contribution in [2.75, 3.05) is 6.54 Å². The summed E-state index contributed by atoms with van der Waals surface area (Å²) in [5.74, 6) is 1.65. The summed E-state index contributed by atoms with van der Waals surface area (Å²) in [6, 6.07) is 9.87. The highest BCUT2D eigenvalue weighted by atomic mass is 15.1. The van der Waals surface area contributed by atoms with E-state index in [9.17, 15) is 0 Å². The Bertz CT molecular complexity index is 593. The molecule has 2 aromatic rings. The van der Waals surface area contributed by atoms with E-state index in [1.165, 1.54) is 0 Å². The number of imidazole rings is 1. The molecule has 0 spiro atoms. The SMILES string of the molecule is CC(C)CNCc1nccn1Cc1cccc(C#N)c1. The summed E-state index contributed by atoms with van der Waals surface area (Å²) in [6.07, 6.45) is 3.80. The summed E-state index contributed by atoms with van der Waals surface area (Å²) in [6.45, 7) is 6.87. The van der Waals surface area contributed by atoms with Gasteiger partial charge in [-0.05, 0) is 30.2 Å². The zero-order valence-electron chi connectivity index (χ0n) is 12.0. The van der Waals surface area contributed by atoms with Crippen LogP contribution in [0.25, 0.3) is 0 Å². The molecule has 4 nitrogen and oxygen atoms in total. The average Bonchev–Trinajstić information content (AvgIpc) is 2.86. The zero-order chi connectivity index (χ0) is 14.4. The Morgan fingerprint density at radius 3 is 3.00 bits per heavy atom. The van der Waals surface area contributed by atoms with E-state index in [2.05, 4.69) is 34.8 Å². The van der Waals surface area contributed by atoms with Crippen LogP contribution < -0.4 is 5.32 Å². The molecule has 20 heavy (non-hydrogen) atoms. The van der Waals surface area contributed by atoms with E-state index in [0.29, 0.717) is 11.5 Å². The summed E-state index contributed by atoms with van der Waals surface area (Å²) in [5, 5.41) is 12.3. The molecule has 0 atom stereocenters. The minimum absolute atomic E-state index is 0.630. The topological polar surface area (TPSA) is 53.6 Å². The normalized spacial score (nSPS) is 10.7. The monoisotopic (exact) mass is 268 g/mol. The van der Waals surface area contributed by atoms with E-state index < -0.39 is 0 Å². The van der Waals surface area contributed by atoms with Crippen molar-refractivity contribution in [2.24, 2.45) is 5.92 Å². The number of nitriles is 1. The molecule has 1 N–H and O–H groups in total. The van der Waals surface area contributed by atoms with Gasteiger partial charge in [-0.3, -0.25) is 0 Å². The number of benzene rings is 1. The van der Waals surface area contributed by atoms with Crippen molar-refractivity contribution >= 4 is 0 Å². The summed E-state index contributed by atoms with van der Waals surface area (Å²) >= 11 is 0. The fourth-order valence-corrected chi connectivity index (χ4v) is 2.06. The lowest BCUT2D eigenvalue weighted by Crippen LogP contribution is -2.21. The maximum atomic E-state index is 8.93. The molecule has 4 heteroatoms. The molecule has 0 aliphatic carbocycles. The molecule has 0 saturated carbocycles. The molecule has 0 saturated heterocycles. The fraction of sp³-hybridized carbons (Fsp3) is 0.375. The number of aromatic nitrogens is 2. The lowest BCUT2D eigenvalue weighted by Gasteiger charge is -2.10. The highest BCUT2D eigenvalue weighted by Gasteiger charge is 2.04. The number of nitrogens with zero attached hydrogens (tertiary/aromatic N) is 3. The maximum Gasteiger partial charge on any atom is 0.122 e. The van der Waals surface area contributed by atoms with Crippen molar-refractivity contribution in [3.05, 3.63) is 53.6 Å². The second-order valence-electron chi connectivity index (χ2n) is 5.31. The molecule has 0 bridgehead atoms. The first-order chi connectivity index (χ1) is 9.69. The van der Waals surface area contributed by atoms with Gasteiger partial charge in [0.2, 0.25) is 0 Å². The Morgan fingerprint density at radius 1 is 1.40 bits per heavy atom. The molecule has 1 heterocycles. The smallest absolute Gasteiger partial charge is 0.122 e. The van der Waals surface area contributed by atoms with E-state index in [1.54, 1.807) is 0 Å². The standard InChI is InChI=1S/C16H20N4/c1-13(2)10-18-11-16-19-6-7-20(16)12-15-5-3-4-14(8-15)9-17/h3-8,13,18H,10-12H2,1-2H3. The summed E-state index contributed by atoms with van der Waals surface area (Å²) in [5.41, 5.74) is 1.81. The van der Waals surface area contributed by atoms with Gasteiger partial charge in [-0.2, -0.15) is 5.26 Å². The Kier molecular flexibility index (Phi) is 4.91. The van der Waals surface area contributed by atoms with E-state index in [4.69, 9.17) is 5.26 Å². The van der Waals surface area contributed by atoms with Crippen LogP contribution in [0.3, 0.4) is 0 Å². The predicted molar refractivity (Wildman–Crippen MR) is 79.0 cm³/mol. The third kappa shape index (κ3) is 3.94. The third-order valence-electron chi connectivity index (χ3n) is 3.05. The van der Waals surface area contributed by atoms with Crippen LogP contribution in [0, 0.1) is 17.2 Å². The Balaban J connectivity index is 2.02. The number of rotatable bonds is 6. The Labute approximate surface area is 120 Å². The van der Waals surface area contributed by atoms with Crippen LogP contribution in [0.4, 0.5) is 0 Å². The average molecular weight is 268 g/mol. The quantitative estimate of drug-likeness (QED) is 0.876. The first kappa shape index (κ1) is 14.3. The molecule has 1 aromatic heterocycles. The van der Waals surface area contributed by atoms with Gasteiger partial charge in [0.1, 0.15) is 5.82 Å². The van der Waals surface area contributed by atoms with Crippen molar-refractivity contribution in [1.29, 1.82) is 5.26 Å². The van der Waals surface area contributed by atoms with Crippen molar-refractivity contribution < 1.29 is 0 Å². The van der Waals surface area contributed by atoms with Gasteiger partial charge in [-0.15, -0.1) is 0 Å². The summed E-state index contributed by atoms with van der Waals surface area (Å²) < 4.78 is 2.11. The number of nitrogens with one attached hydrogen (secondary N) is 1. The molecule has 0 fully saturated rings. The van der Waals surface area contributed by atoms with Crippen LogP contribution >= 0.6 is 0 Å². The lowest BCUT2D eigenvalue weighted by molar-refractivity contribution is 0.533. The molecule has 0 amide bonds. The van der Waals surface area contributed by atoms with Crippen molar-refractivity contribution in [3.8, 4) is 6.07 Å². The van der Waals surface area contributed by atoms with Crippen LogP contribution in [0.2, 0.25) is 0 Å². The minimum Gasteiger partial charge on any atom is -0.329 e. The zero-order valence-corrected chi connectivity index (χ0v) is 12.0. The van der Waals surface area contributed by atoms with E-state index >= 15 is 0 Å². The van der Waals surface area contributed by atoms with Crippen LogP contribution in [0.15, 0.2) is 36.7 Å². The van der Waals surface area contributed by atoms with Crippen molar-refractivity contribution in [1.82, 2.24) is 14.9 Å². The lowest BCUT2D eigenvalue weighted by atomic mass is 10.1. The van der Waals surface area contributed by atoms with E-state index in [1.807, 2.05) is 36.7 Å². The Morgan fingerprint density at radius 2 is 2.25 bits per heavy atom. The van der Waals surface area contributed by atoms with Gasteiger partial charge in [0.25, 0.3) is 0 Å². The van der Waals surface area contributed by atoms with Crippen molar-refractivity contribution in [2.45, 2.75) is 26.9 Å². The summed E-state index contributed by atoms with van der Waals surface area (Å²) in [7, 11) is 0. The molecule has 0 unspecified atom stereocenters. The van der Waals surface area contributed by atoms with Crippen LogP contribution in [0.5, 0.6) is 0 Å². The minimum atomic E-state index is 0.630. The number of hydrogen-bond acceptors (Lipinski definition) is 3. The highest BCUT2D eigenvalue weighted by Crippen LogP contribution is 2.08. The maximum absolute atomic E-state index is 8.93. The van der Waals surface area contributed by atoms with Crippen molar-refractivity contribution in [3.63, 3.8) is 0 Å². The Hall–Kier alpha value is -2.12. The number of hydrogen-bond donors (Lipinski definition) is 1. The van der Waals surface area contributed by atoms with Gasteiger partial charge in [0.15, 0.2) is 0 Å². The second-order valence-corrected chi connectivity index (χ2v) is 5.31. The first-order valence-electron chi connectivity index (χ1n) is 6.89. The van der Waals surface area contributed by atoms with Gasteiger partial charge >= 0.3 is 0 Å². The first-order valence-corrected chi connectivity index (χ1v) is 6.89. The molecular formula is C16H20N4. The van der Waals surface area contributed by atoms with Gasteiger partial charge < -0.3 is 9.88 Å². The molecule has 2 rings (SSSR count). The van der Waals surface area contributed by atoms with Gasteiger partial charge in [0, 0.05) is 18.9 Å². The van der Waals surface area contributed by atoms with Gasteiger partial charge in [0.05, 0.1) is 18.2 Å². The van der Waals surface area contributed by atoms with Gasteiger partial charge in [-0.25, -0.2) is 4.98 Å². The molecule has 1 aromatic carbocycles. The highest BCUT2D eigenvalue weighted by molar-refractivity contribution is 5.32. The molecule has 0 aliphatic heterocycles. The fourth-order valence-electron chi connectivity index (χ4n) is 2.06. The summed E-state index contributed by atoms with van der Waals surface area (Å²) in [4.78, 5) is 4.39. The second kappa shape index (κ2) is 6.88. The third-order valence-corrected chi connectivity index (χ3v) is 3.05. The molecule has 104 valence electrons. The van der Waals surface area contributed by atoms with Crippen LogP contribution in [-0.4, -0.2) is 16.1 Å². The molecule has 0 radical (unpaired) electrons. The van der Waals surface area contributed by atoms with E-state index in [0.717, 1.165) is 31.0 Å². The van der Waals surface area contributed by atoms with E-state index in [-0.39, 0.29) is 0 Å².